The summed E-state index contributed by atoms with van der Waals surface area (Å²) in [6, 6.07) is 2.66. The molecule has 0 unspecified atom stereocenters. The monoisotopic (exact) mass is 355 g/mol. The van der Waals surface area contributed by atoms with Gasteiger partial charge in [-0.2, -0.15) is 0 Å². The van der Waals surface area contributed by atoms with Gasteiger partial charge in [0.2, 0.25) is 20.0 Å². The number of nitrogen functional groups attached to an aromatic ring is 1. The lowest BCUT2D eigenvalue weighted by Crippen LogP contribution is -2.29. The van der Waals surface area contributed by atoms with E-state index in [9.17, 15) is 16.8 Å². The third-order valence-corrected chi connectivity index (χ3v) is 5.24. The Morgan fingerprint density at radius 2 is 1.71 bits per heavy atom. The fourth-order valence-corrected chi connectivity index (χ4v) is 3.41. The van der Waals surface area contributed by atoms with Crippen LogP contribution in [0.3, 0.4) is 0 Å². The lowest BCUT2D eigenvalue weighted by atomic mass is 10.2. The first-order valence-corrected chi connectivity index (χ1v) is 9.78. The van der Waals surface area contributed by atoms with Crippen LogP contribution in [-0.2, 0) is 20.0 Å². The van der Waals surface area contributed by atoms with Crippen LogP contribution >= 0.6 is 11.6 Å². The number of nitrogens with two attached hydrogens (primary N) is 1. The molecule has 120 valence electrons. The minimum absolute atomic E-state index is 0.0216. The van der Waals surface area contributed by atoms with E-state index in [0.717, 1.165) is 6.26 Å². The van der Waals surface area contributed by atoms with Gasteiger partial charge in [0.15, 0.2) is 0 Å². The van der Waals surface area contributed by atoms with E-state index in [-0.39, 0.29) is 23.0 Å². The summed E-state index contributed by atoms with van der Waals surface area (Å²) in [5.74, 6) is 0. The van der Waals surface area contributed by atoms with Crippen molar-refractivity contribution >= 4 is 37.3 Å². The summed E-state index contributed by atoms with van der Waals surface area (Å²) in [4.78, 5) is -0.0216. The zero-order chi connectivity index (χ0) is 16.3. The van der Waals surface area contributed by atoms with Crippen LogP contribution in [0.5, 0.6) is 0 Å². The van der Waals surface area contributed by atoms with Gasteiger partial charge in [0.05, 0.1) is 11.2 Å². The van der Waals surface area contributed by atoms with Gasteiger partial charge in [0.1, 0.15) is 0 Å². The van der Waals surface area contributed by atoms with Gasteiger partial charge in [-0.15, -0.1) is 0 Å². The van der Waals surface area contributed by atoms with Crippen molar-refractivity contribution in [2.75, 3.05) is 25.1 Å². The van der Waals surface area contributed by atoms with Crippen LogP contribution in [-0.4, -0.2) is 36.2 Å². The predicted octanol–water partition coefficient (Wildman–Crippen LogP) is 0.448. The minimum atomic E-state index is -3.73. The largest absolute Gasteiger partial charge is 0.398 e. The first-order chi connectivity index (χ1) is 9.53. The van der Waals surface area contributed by atoms with Crippen molar-refractivity contribution in [1.29, 1.82) is 0 Å². The number of sulfonamides is 2. The topological polar surface area (TPSA) is 118 Å². The SMILES string of the molecule is Cc1c(N)cc(S(=O)(=O)NCCCNS(C)(=O)=O)cc1Cl. The highest BCUT2D eigenvalue weighted by atomic mass is 35.5. The van der Waals surface area contributed by atoms with Crippen LogP contribution in [0.2, 0.25) is 5.02 Å². The molecule has 0 bridgehead atoms. The molecule has 0 heterocycles. The maximum atomic E-state index is 12.0. The van der Waals surface area contributed by atoms with Crippen molar-refractivity contribution < 1.29 is 16.8 Å². The molecule has 21 heavy (non-hydrogen) atoms. The molecule has 0 amide bonds. The van der Waals surface area contributed by atoms with E-state index in [4.69, 9.17) is 17.3 Å². The molecule has 0 aliphatic heterocycles. The zero-order valence-electron chi connectivity index (χ0n) is 11.7. The molecule has 0 spiro atoms. The van der Waals surface area contributed by atoms with Gasteiger partial charge >= 0.3 is 0 Å². The quantitative estimate of drug-likeness (QED) is 0.484. The molecule has 0 aromatic heterocycles. The minimum Gasteiger partial charge on any atom is -0.398 e. The number of hydrogen-bond acceptors (Lipinski definition) is 5. The molecule has 0 atom stereocenters. The van der Waals surface area contributed by atoms with Crippen molar-refractivity contribution in [3.8, 4) is 0 Å². The van der Waals surface area contributed by atoms with E-state index in [1.807, 2.05) is 0 Å². The Morgan fingerprint density at radius 1 is 1.14 bits per heavy atom. The van der Waals surface area contributed by atoms with Crippen molar-refractivity contribution in [1.82, 2.24) is 9.44 Å². The van der Waals surface area contributed by atoms with E-state index < -0.39 is 20.0 Å². The van der Waals surface area contributed by atoms with Gasteiger partial charge in [-0.3, -0.25) is 0 Å². The third-order valence-electron chi connectivity index (χ3n) is 2.68. The Bertz CT molecular complexity index is 694. The highest BCUT2D eigenvalue weighted by Gasteiger charge is 2.16. The molecule has 4 N–H and O–H groups in total. The highest BCUT2D eigenvalue weighted by molar-refractivity contribution is 7.89. The van der Waals surface area contributed by atoms with Gasteiger partial charge < -0.3 is 5.73 Å². The average Bonchev–Trinajstić information content (AvgIpc) is 2.33. The Balaban J connectivity index is 2.66. The number of rotatable bonds is 7. The number of halogens is 1. The van der Waals surface area contributed by atoms with Crippen molar-refractivity contribution in [2.45, 2.75) is 18.2 Å². The Labute approximate surface area is 130 Å². The van der Waals surface area contributed by atoms with Crippen LogP contribution in [0.15, 0.2) is 17.0 Å². The van der Waals surface area contributed by atoms with Gasteiger partial charge in [0.25, 0.3) is 0 Å². The van der Waals surface area contributed by atoms with Gasteiger partial charge in [-0.05, 0) is 31.0 Å². The maximum absolute atomic E-state index is 12.0. The van der Waals surface area contributed by atoms with E-state index >= 15 is 0 Å². The molecule has 0 aliphatic carbocycles. The fourth-order valence-electron chi connectivity index (χ4n) is 1.47. The average molecular weight is 356 g/mol. The summed E-state index contributed by atoms with van der Waals surface area (Å²) >= 11 is 5.91. The van der Waals surface area contributed by atoms with Gasteiger partial charge in [0, 0.05) is 23.8 Å². The summed E-state index contributed by atoms with van der Waals surface area (Å²) in [5.41, 5.74) is 6.60. The Hall–Kier alpha value is -0.870. The molecule has 0 fully saturated rings. The maximum Gasteiger partial charge on any atom is 0.240 e. The van der Waals surface area contributed by atoms with E-state index in [1.165, 1.54) is 12.1 Å². The zero-order valence-corrected chi connectivity index (χ0v) is 14.1. The molecule has 0 saturated heterocycles. The van der Waals surface area contributed by atoms with Crippen molar-refractivity contribution in [3.05, 3.63) is 22.7 Å². The van der Waals surface area contributed by atoms with Crippen LogP contribution in [0.4, 0.5) is 5.69 Å². The standard InChI is InChI=1S/C11H18ClN3O4S2/c1-8-10(12)6-9(7-11(8)13)21(18,19)15-5-3-4-14-20(2,16)17/h6-7,14-15H,3-5,13H2,1-2H3. The molecule has 0 aliphatic rings. The highest BCUT2D eigenvalue weighted by Crippen LogP contribution is 2.25. The van der Waals surface area contributed by atoms with E-state index in [0.29, 0.717) is 17.7 Å². The van der Waals surface area contributed by atoms with Crippen LogP contribution in [0, 0.1) is 6.92 Å². The summed E-state index contributed by atoms with van der Waals surface area (Å²) < 4.78 is 50.4. The Kier molecular flexibility index (Phi) is 6.00. The second kappa shape index (κ2) is 6.93. The lowest BCUT2D eigenvalue weighted by Gasteiger charge is -2.10. The number of nitrogens with one attached hydrogen (secondary N) is 2. The summed E-state index contributed by atoms with van der Waals surface area (Å²) in [7, 11) is -7.00. The third kappa shape index (κ3) is 5.79. The summed E-state index contributed by atoms with van der Waals surface area (Å²) in [6.07, 6.45) is 1.36. The summed E-state index contributed by atoms with van der Waals surface area (Å²) in [6.45, 7) is 1.94. The normalized spacial score (nSPS) is 12.5. The predicted molar refractivity (Wildman–Crippen MR) is 83.3 cm³/mol. The number of hydrogen-bond donors (Lipinski definition) is 3. The number of benzene rings is 1. The van der Waals surface area contributed by atoms with Crippen molar-refractivity contribution in [3.63, 3.8) is 0 Å². The molecule has 1 aromatic carbocycles. The second-order valence-corrected chi connectivity index (χ2v) is 8.54. The molecule has 1 rings (SSSR count). The molecule has 10 heteroatoms. The smallest absolute Gasteiger partial charge is 0.240 e. The van der Waals surface area contributed by atoms with Crippen LogP contribution in [0.1, 0.15) is 12.0 Å². The summed E-state index contributed by atoms with van der Waals surface area (Å²) in [5, 5.41) is 0.272. The lowest BCUT2D eigenvalue weighted by molar-refractivity contribution is 0.575. The molecule has 0 saturated carbocycles. The van der Waals surface area contributed by atoms with E-state index in [1.54, 1.807) is 6.92 Å². The first kappa shape index (κ1) is 18.2. The van der Waals surface area contributed by atoms with Gasteiger partial charge in [-0.1, -0.05) is 11.6 Å². The second-order valence-electron chi connectivity index (χ2n) is 4.54. The molecule has 0 radical (unpaired) electrons. The van der Waals surface area contributed by atoms with Crippen LogP contribution in [0.25, 0.3) is 0 Å². The first-order valence-electron chi connectivity index (χ1n) is 6.03. The van der Waals surface area contributed by atoms with Crippen LogP contribution < -0.4 is 15.2 Å². The Morgan fingerprint density at radius 3 is 2.24 bits per heavy atom. The van der Waals surface area contributed by atoms with E-state index in [2.05, 4.69) is 9.44 Å². The molecular weight excluding hydrogens is 338 g/mol. The molecule has 7 nitrogen and oxygen atoms in total. The number of anilines is 1. The van der Waals surface area contributed by atoms with Crippen molar-refractivity contribution in [2.24, 2.45) is 0 Å². The van der Waals surface area contributed by atoms with Gasteiger partial charge in [-0.25, -0.2) is 26.3 Å². The molecular formula is C11H18ClN3O4S2. The fraction of sp³-hybridized carbons (Fsp3) is 0.455. The molecule has 1 aromatic rings.